The van der Waals surface area contributed by atoms with Crippen molar-refractivity contribution in [1.29, 1.82) is 0 Å². The van der Waals surface area contributed by atoms with E-state index in [-0.39, 0.29) is 4.90 Å². The Morgan fingerprint density at radius 3 is 2.03 bits per heavy atom. The van der Waals surface area contributed by atoms with E-state index in [1.165, 1.54) is 12.1 Å². The van der Waals surface area contributed by atoms with Gasteiger partial charge in [0.15, 0.2) is 0 Å². The number of sulfonamides is 1. The van der Waals surface area contributed by atoms with Crippen molar-refractivity contribution in [3.8, 4) is 12.3 Å². The molecular weight excluding hydrogens is 394 g/mol. The second-order valence-electron chi connectivity index (χ2n) is 7.51. The molecule has 0 saturated heterocycles. The van der Waals surface area contributed by atoms with Crippen LogP contribution in [0.3, 0.4) is 0 Å². The van der Waals surface area contributed by atoms with Crippen molar-refractivity contribution in [3.63, 3.8) is 0 Å². The summed E-state index contributed by atoms with van der Waals surface area (Å²) in [5.41, 5.74) is 3.65. The molecule has 0 unspecified atom stereocenters. The summed E-state index contributed by atoms with van der Waals surface area (Å²) in [5.74, 6) is 0.849. The first-order chi connectivity index (χ1) is 14.3. The highest BCUT2D eigenvalue weighted by Gasteiger charge is 2.45. The van der Waals surface area contributed by atoms with Gasteiger partial charge in [0.2, 0.25) is 5.91 Å². The number of terminal acetylenes is 1. The zero-order chi connectivity index (χ0) is 21.5. The van der Waals surface area contributed by atoms with Gasteiger partial charge in [0, 0.05) is 0 Å². The van der Waals surface area contributed by atoms with Gasteiger partial charge in [-0.2, -0.15) is 0 Å². The van der Waals surface area contributed by atoms with Crippen LogP contribution in [-0.2, 0) is 14.8 Å². The van der Waals surface area contributed by atoms with E-state index >= 15 is 0 Å². The molecule has 0 radical (unpaired) electrons. The molecule has 1 amide bonds. The quantitative estimate of drug-likeness (QED) is 0.590. The van der Waals surface area contributed by atoms with Gasteiger partial charge < -0.3 is 0 Å². The average Bonchev–Trinajstić information content (AvgIpc) is 2.73. The monoisotopic (exact) mass is 415 g/mol. The Labute approximate surface area is 177 Å². The van der Waals surface area contributed by atoms with Gasteiger partial charge in [-0.1, -0.05) is 71.6 Å². The first kappa shape index (κ1) is 19.9. The van der Waals surface area contributed by atoms with Crippen LogP contribution in [0.5, 0.6) is 0 Å². The third-order valence-corrected chi connectivity index (χ3v) is 7.19. The minimum absolute atomic E-state index is 0.0677. The van der Waals surface area contributed by atoms with Gasteiger partial charge in [-0.05, 0) is 43.2 Å². The molecule has 0 aliphatic carbocycles. The summed E-state index contributed by atoms with van der Waals surface area (Å²) >= 11 is 0. The number of hydrogen-bond acceptors (Lipinski definition) is 3. The maximum Gasteiger partial charge on any atom is 0.270 e. The van der Waals surface area contributed by atoms with Crippen LogP contribution in [0.2, 0.25) is 0 Å². The summed E-state index contributed by atoms with van der Waals surface area (Å²) in [5, 5.41) is 0. The SMILES string of the molecule is C#C[C@@H]1c2ccccc2N(S(=O)(=O)c2ccc(C)cc2)C(=O)[C@H]1c1ccc(C)cc1. The zero-order valence-electron chi connectivity index (χ0n) is 16.7. The number of aryl methyl sites for hydroxylation is 2. The molecule has 1 aliphatic rings. The molecule has 3 aromatic carbocycles. The van der Waals surface area contributed by atoms with Crippen molar-refractivity contribution in [2.45, 2.75) is 30.6 Å². The van der Waals surface area contributed by atoms with E-state index in [1.807, 2.05) is 44.2 Å². The summed E-state index contributed by atoms with van der Waals surface area (Å²) in [4.78, 5) is 13.7. The van der Waals surface area contributed by atoms with Crippen molar-refractivity contribution in [3.05, 3.63) is 95.1 Å². The van der Waals surface area contributed by atoms with Crippen LogP contribution >= 0.6 is 0 Å². The molecule has 3 aromatic rings. The Hall–Kier alpha value is -3.36. The Bertz CT molecular complexity index is 1250. The Morgan fingerprint density at radius 1 is 0.867 bits per heavy atom. The Morgan fingerprint density at radius 2 is 1.43 bits per heavy atom. The maximum absolute atomic E-state index is 13.7. The molecule has 30 heavy (non-hydrogen) atoms. The minimum Gasteiger partial charge on any atom is -0.273 e. The molecule has 0 spiro atoms. The van der Waals surface area contributed by atoms with Crippen molar-refractivity contribution in [2.24, 2.45) is 0 Å². The molecule has 150 valence electrons. The highest BCUT2D eigenvalue weighted by Crippen LogP contribution is 2.45. The van der Waals surface area contributed by atoms with Crippen LogP contribution in [0.4, 0.5) is 5.69 Å². The van der Waals surface area contributed by atoms with Crippen molar-refractivity contribution < 1.29 is 13.2 Å². The number of anilines is 1. The summed E-state index contributed by atoms with van der Waals surface area (Å²) in [6.45, 7) is 3.83. The molecular formula is C25H21NO3S. The fourth-order valence-corrected chi connectivity index (χ4v) is 5.33. The molecule has 5 heteroatoms. The molecule has 0 saturated carbocycles. The van der Waals surface area contributed by atoms with Crippen LogP contribution < -0.4 is 4.31 Å². The molecule has 0 bridgehead atoms. The third-order valence-electron chi connectivity index (χ3n) is 5.47. The number of hydrogen-bond donors (Lipinski definition) is 0. The van der Waals surface area contributed by atoms with Crippen molar-refractivity contribution in [1.82, 2.24) is 0 Å². The first-order valence-corrected chi connectivity index (χ1v) is 11.1. The van der Waals surface area contributed by atoms with Crippen molar-refractivity contribution in [2.75, 3.05) is 4.31 Å². The number of nitrogens with zero attached hydrogens (tertiary/aromatic N) is 1. The van der Waals surface area contributed by atoms with E-state index < -0.39 is 27.8 Å². The van der Waals surface area contributed by atoms with Gasteiger partial charge in [0.1, 0.15) is 0 Å². The summed E-state index contributed by atoms with van der Waals surface area (Å²) < 4.78 is 28.0. The lowest BCUT2D eigenvalue weighted by Crippen LogP contribution is -2.45. The van der Waals surface area contributed by atoms with Crippen LogP contribution in [0.1, 0.15) is 34.1 Å². The maximum atomic E-state index is 13.7. The van der Waals surface area contributed by atoms with E-state index in [1.54, 1.807) is 30.3 Å². The predicted molar refractivity (Wildman–Crippen MR) is 118 cm³/mol. The summed E-state index contributed by atoms with van der Waals surface area (Å²) in [7, 11) is -4.11. The Balaban J connectivity index is 1.94. The molecule has 2 atom stereocenters. The van der Waals surface area contributed by atoms with Gasteiger partial charge in [-0.25, -0.2) is 12.7 Å². The average molecular weight is 416 g/mol. The minimum atomic E-state index is -4.11. The van der Waals surface area contributed by atoms with Crippen LogP contribution in [0.15, 0.2) is 77.7 Å². The highest BCUT2D eigenvalue weighted by atomic mass is 32.2. The molecule has 0 fully saturated rings. The lowest BCUT2D eigenvalue weighted by molar-refractivity contribution is -0.119. The fourth-order valence-electron chi connectivity index (χ4n) is 3.86. The van der Waals surface area contributed by atoms with Crippen LogP contribution in [0.25, 0.3) is 0 Å². The molecule has 0 N–H and O–H groups in total. The number of benzene rings is 3. The smallest absolute Gasteiger partial charge is 0.270 e. The highest BCUT2D eigenvalue weighted by molar-refractivity contribution is 7.93. The van der Waals surface area contributed by atoms with E-state index in [4.69, 9.17) is 6.42 Å². The molecule has 1 aliphatic heterocycles. The summed E-state index contributed by atoms with van der Waals surface area (Å²) in [6, 6.07) is 20.9. The Kier molecular flexibility index (Phi) is 4.97. The first-order valence-electron chi connectivity index (χ1n) is 9.62. The van der Waals surface area contributed by atoms with E-state index in [0.29, 0.717) is 16.8 Å². The van der Waals surface area contributed by atoms with E-state index in [9.17, 15) is 13.2 Å². The largest absolute Gasteiger partial charge is 0.273 e. The van der Waals surface area contributed by atoms with Crippen LogP contribution in [-0.4, -0.2) is 14.3 Å². The number of amides is 1. The fraction of sp³-hybridized carbons (Fsp3) is 0.160. The molecule has 4 nitrogen and oxygen atoms in total. The van der Waals surface area contributed by atoms with Gasteiger partial charge >= 0.3 is 0 Å². The lowest BCUT2D eigenvalue weighted by atomic mass is 9.78. The van der Waals surface area contributed by atoms with Gasteiger partial charge in [-0.3, -0.25) is 4.79 Å². The number of carbonyl (C=O) groups excluding carboxylic acids is 1. The van der Waals surface area contributed by atoms with Gasteiger partial charge in [0.05, 0.1) is 22.4 Å². The van der Waals surface area contributed by atoms with Gasteiger partial charge in [0.25, 0.3) is 10.0 Å². The second kappa shape index (κ2) is 7.47. The second-order valence-corrected chi connectivity index (χ2v) is 9.30. The molecule has 4 rings (SSSR count). The van der Waals surface area contributed by atoms with Crippen LogP contribution in [0, 0.1) is 26.2 Å². The number of rotatable bonds is 3. The van der Waals surface area contributed by atoms with E-state index in [0.717, 1.165) is 15.4 Å². The number of para-hydroxylation sites is 1. The lowest BCUT2D eigenvalue weighted by Gasteiger charge is -2.37. The molecule has 1 heterocycles. The number of carbonyl (C=O) groups is 1. The zero-order valence-corrected chi connectivity index (χ0v) is 17.6. The van der Waals surface area contributed by atoms with Gasteiger partial charge in [-0.15, -0.1) is 6.42 Å². The molecule has 0 aromatic heterocycles. The van der Waals surface area contributed by atoms with E-state index in [2.05, 4.69) is 5.92 Å². The standard InChI is InChI=1S/C25H21NO3S/c1-4-21-22-7-5-6-8-23(22)26(30(28,29)20-15-11-18(3)12-16-20)25(27)24(21)19-13-9-17(2)10-14-19/h1,5-16,21,24H,2-3H3/t21-,24+/m1/s1. The normalized spacial score (nSPS) is 18.6. The number of fused-ring (bicyclic) bond motifs is 1. The third kappa shape index (κ3) is 3.20. The summed E-state index contributed by atoms with van der Waals surface area (Å²) in [6.07, 6.45) is 5.85. The topological polar surface area (TPSA) is 54.5 Å². The van der Waals surface area contributed by atoms with Crippen molar-refractivity contribution >= 4 is 21.6 Å². The predicted octanol–water partition coefficient (Wildman–Crippen LogP) is 4.54.